The molecule has 0 aliphatic carbocycles. The van der Waals surface area contributed by atoms with Crippen molar-refractivity contribution < 1.29 is 9.18 Å². The van der Waals surface area contributed by atoms with E-state index in [0.717, 1.165) is 5.56 Å². The summed E-state index contributed by atoms with van der Waals surface area (Å²) in [5.74, 6) is -0.663. The van der Waals surface area contributed by atoms with Crippen LogP contribution >= 0.6 is 11.8 Å². The van der Waals surface area contributed by atoms with Crippen LogP contribution in [0.1, 0.15) is 30.7 Å². The van der Waals surface area contributed by atoms with Crippen molar-refractivity contribution in [2.45, 2.75) is 30.3 Å². The van der Waals surface area contributed by atoms with Gasteiger partial charge in [-0.3, -0.25) is 14.2 Å². The molecule has 4 aromatic rings. The maximum Gasteiger partial charge on any atom is 0.262 e. The van der Waals surface area contributed by atoms with Crippen molar-refractivity contribution in [3.05, 3.63) is 101 Å². The van der Waals surface area contributed by atoms with E-state index < -0.39 is 5.25 Å². The minimum Gasteiger partial charge on any atom is -0.325 e. The molecule has 0 fully saturated rings. The molecule has 1 atom stereocenters. The largest absolute Gasteiger partial charge is 0.325 e. The highest BCUT2D eigenvalue weighted by Gasteiger charge is 2.26. The van der Waals surface area contributed by atoms with Gasteiger partial charge >= 0.3 is 0 Å². The van der Waals surface area contributed by atoms with E-state index in [1.54, 1.807) is 16.7 Å². The molecule has 0 radical (unpaired) electrons. The number of amides is 1. The van der Waals surface area contributed by atoms with E-state index in [4.69, 9.17) is 4.98 Å². The maximum atomic E-state index is 13.3. The summed E-state index contributed by atoms with van der Waals surface area (Å²) in [7, 11) is 0. The molecule has 5 nitrogen and oxygen atoms in total. The topological polar surface area (TPSA) is 64.0 Å². The van der Waals surface area contributed by atoms with E-state index in [2.05, 4.69) is 5.32 Å². The molecule has 1 heterocycles. The summed E-state index contributed by atoms with van der Waals surface area (Å²) in [6, 6.07) is 22.0. The van der Waals surface area contributed by atoms with Gasteiger partial charge in [-0.2, -0.15) is 0 Å². The number of para-hydroxylation sites is 1. The summed E-state index contributed by atoms with van der Waals surface area (Å²) in [5, 5.41) is 3.18. The Morgan fingerprint density at radius 1 is 0.969 bits per heavy atom. The average molecular weight is 448 g/mol. The summed E-state index contributed by atoms with van der Waals surface area (Å²) in [5.41, 5.74) is 1.71. The molecule has 32 heavy (non-hydrogen) atoms. The van der Waals surface area contributed by atoms with Crippen molar-refractivity contribution in [3.63, 3.8) is 0 Å². The van der Waals surface area contributed by atoms with Crippen molar-refractivity contribution in [3.8, 4) is 0 Å². The quantitative estimate of drug-likeness (QED) is 0.309. The van der Waals surface area contributed by atoms with Gasteiger partial charge in [-0.1, -0.05) is 54.2 Å². The zero-order valence-corrected chi connectivity index (χ0v) is 18.5. The molecule has 162 valence electrons. The highest BCUT2D eigenvalue weighted by Crippen LogP contribution is 2.36. The van der Waals surface area contributed by atoms with Crippen molar-refractivity contribution in [1.82, 2.24) is 9.55 Å². The number of nitrogens with zero attached hydrogens (tertiary/aromatic N) is 2. The smallest absolute Gasteiger partial charge is 0.262 e. The van der Waals surface area contributed by atoms with Gasteiger partial charge in [-0.25, -0.2) is 9.37 Å². The summed E-state index contributed by atoms with van der Waals surface area (Å²) in [6.07, 6.45) is 0. The fourth-order valence-corrected chi connectivity index (χ4v) is 4.64. The number of nitrogens with one attached hydrogen (secondary N) is 1. The molecule has 7 heteroatoms. The molecule has 1 unspecified atom stereocenters. The van der Waals surface area contributed by atoms with Crippen LogP contribution in [0.3, 0.4) is 0 Å². The fraction of sp³-hybridized carbons (Fsp3) is 0.160. The number of anilines is 1. The van der Waals surface area contributed by atoms with Crippen molar-refractivity contribution in [2.24, 2.45) is 0 Å². The third-order valence-corrected chi connectivity index (χ3v) is 6.19. The van der Waals surface area contributed by atoms with Gasteiger partial charge in [0.2, 0.25) is 5.91 Å². The Labute approximate surface area is 189 Å². The summed E-state index contributed by atoms with van der Waals surface area (Å²) >= 11 is 1.22. The molecular weight excluding hydrogens is 425 g/mol. The number of thioether (sulfide) groups is 1. The molecule has 4 rings (SSSR count). The van der Waals surface area contributed by atoms with Crippen LogP contribution in [0.15, 0.2) is 88.8 Å². The van der Waals surface area contributed by atoms with Crippen LogP contribution in [0.5, 0.6) is 0 Å². The SMILES string of the molecule is CC(C)n1c(SC(C(=O)Nc2ccc(F)cc2)c2ccccc2)nc2ccccc2c1=O. The van der Waals surface area contributed by atoms with Crippen LogP contribution < -0.4 is 10.9 Å². The van der Waals surface area contributed by atoms with Crippen molar-refractivity contribution in [2.75, 3.05) is 5.32 Å². The third kappa shape index (κ3) is 4.57. The van der Waals surface area contributed by atoms with Crippen molar-refractivity contribution >= 4 is 34.3 Å². The number of benzene rings is 3. The zero-order valence-electron chi connectivity index (χ0n) is 17.7. The lowest BCUT2D eigenvalue weighted by Crippen LogP contribution is -2.26. The number of carbonyl (C=O) groups excluding carboxylic acids is 1. The number of carbonyl (C=O) groups is 1. The van der Waals surface area contributed by atoms with Gasteiger partial charge in [0.1, 0.15) is 11.1 Å². The Kier molecular flexibility index (Phi) is 6.37. The molecule has 3 aromatic carbocycles. The molecule has 0 saturated carbocycles. The highest BCUT2D eigenvalue weighted by atomic mass is 32.2. The fourth-order valence-electron chi connectivity index (χ4n) is 3.41. The first-order valence-corrected chi connectivity index (χ1v) is 11.1. The second-order valence-corrected chi connectivity index (χ2v) is 8.66. The Morgan fingerprint density at radius 2 is 1.62 bits per heavy atom. The molecule has 1 amide bonds. The predicted molar refractivity (Wildman–Crippen MR) is 126 cm³/mol. The van der Waals surface area contributed by atoms with Gasteiger partial charge in [0.05, 0.1) is 10.9 Å². The van der Waals surface area contributed by atoms with Crippen LogP contribution in [0.4, 0.5) is 10.1 Å². The molecular formula is C25H22FN3O2S. The lowest BCUT2D eigenvalue weighted by molar-refractivity contribution is -0.115. The Bertz CT molecular complexity index is 1300. The molecule has 1 aromatic heterocycles. The molecule has 0 saturated heterocycles. The summed E-state index contributed by atoms with van der Waals surface area (Å²) in [4.78, 5) is 31.2. The van der Waals surface area contributed by atoms with E-state index in [-0.39, 0.29) is 23.3 Å². The van der Waals surface area contributed by atoms with Gasteiger partial charge in [-0.05, 0) is 55.8 Å². The Morgan fingerprint density at radius 3 is 2.31 bits per heavy atom. The minimum atomic E-state index is -0.667. The molecule has 0 spiro atoms. The summed E-state index contributed by atoms with van der Waals surface area (Å²) in [6.45, 7) is 3.83. The van der Waals surface area contributed by atoms with Gasteiger partial charge < -0.3 is 5.32 Å². The van der Waals surface area contributed by atoms with Gasteiger partial charge in [-0.15, -0.1) is 0 Å². The standard InChI is InChI=1S/C25H22FN3O2S/c1-16(2)29-24(31)20-10-6-7-11-21(20)28-25(29)32-22(17-8-4-3-5-9-17)23(30)27-19-14-12-18(26)13-15-19/h3-16,22H,1-2H3,(H,27,30). The number of aromatic nitrogens is 2. The highest BCUT2D eigenvalue weighted by molar-refractivity contribution is 8.00. The normalized spacial score (nSPS) is 12.1. The van der Waals surface area contributed by atoms with E-state index in [9.17, 15) is 14.0 Å². The molecule has 0 aliphatic rings. The Hall–Kier alpha value is -3.45. The number of hydrogen-bond donors (Lipinski definition) is 1. The van der Waals surface area contributed by atoms with Crippen LogP contribution in [-0.2, 0) is 4.79 Å². The lowest BCUT2D eigenvalue weighted by atomic mass is 10.1. The van der Waals surface area contributed by atoms with E-state index in [1.165, 1.54) is 36.0 Å². The van der Waals surface area contributed by atoms with Crippen LogP contribution in [-0.4, -0.2) is 15.5 Å². The van der Waals surface area contributed by atoms with Crippen molar-refractivity contribution in [1.29, 1.82) is 0 Å². The second kappa shape index (κ2) is 9.36. The zero-order chi connectivity index (χ0) is 22.7. The van der Waals surface area contributed by atoms with E-state index >= 15 is 0 Å². The number of rotatable bonds is 6. The summed E-state index contributed by atoms with van der Waals surface area (Å²) < 4.78 is 14.9. The monoisotopic (exact) mass is 447 g/mol. The van der Waals surface area contributed by atoms with E-state index in [1.807, 2.05) is 56.3 Å². The van der Waals surface area contributed by atoms with Crippen LogP contribution in [0.25, 0.3) is 10.9 Å². The first-order chi connectivity index (χ1) is 15.4. The molecule has 0 bridgehead atoms. The van der Waals surface area contributed by atoms with Gasteiger partial charge in [0.25, 0.3) is 5.56 Å². The first kappa shape index (κ1) is 21.8. The maximum absolute atomic E-state index is 13.3. The predicted octanol–water partition coefficient (Wildman–Crippen LogP) is 5.59. The third-order valence-electron chi connectivity index (χ3n) is 4.97. The van der Waals surface area contributed by atoms with Gasteiger partial charge in [0, 0.05) is 11.7 Å². The van der Waals surface area contributed by atoms with E-state index in [0.29, 0.717) is 21.7 Å². The van der Waals surface area contributed by atoms with Crippen LogP contribution in [0.2, 0.25) is 0 Å². The van der Waals surface area contributed by atoms with Crippen LogP contribution in [0, 0.1) is 5.82 Å². The molecule has 1 N–H and O–H groups in total. The first-order valence-electron chi connectivity index (χ1n) is 10.2. The Balaban J connectivity index is 1.77. The van der Waals surface area contributed by atoms with Gasteiger partial charge in [0.15, 0.2) is 5.16 Å². The second-order valence-electron chi connectivity index (χ2n) is 7.59. The number of hydrogen-bond acceptors (Lipinski definition) is 4. The molecule has 0 aliphatic heterocycles. The number of fused-ring (bicyclic) bond motifs is 1. The average Bonchev–Trinajstić information content (AvgIpc) is 2.79. The minimum absolute atomic E-state index is 0.140. The number of halogens is 1. The lowest BCUT2D eigenvalue weighted by Gasteiger charge is -2.21.